The molecule has 170 valence electrons. The van der Waals surface area contributed by atoms with Crippen molar-refractivity contribution < 1.29 is 31.5 Å². The number of hydrogen-bond acceptors (Lipinski definition) is 7. The maximum Gasteiger partial charge on any atom is 0.409 e. The minimum absolute atomic E-state index is 0.0101. The summed E-state index contributed by atoms with van der Waals surface area (Å²) in [5.74, 6) is -3.61. The van der Waals surface area contributed by atoms with Gasteiger partial charge in [0.1, 0.15) is 17.0 Å². The molecule has 2 aliphatic carbocycles. The molecule has 0 radical (unpaired) electrons. The number of nitriles is 1. The third-order valence-electron chi connectivity index (χ3n) is 5.86. The van der Waals surface area contributed by atoms with Crippen LogP contribution in [-0.2, 0) is 14.6 Å². The number of carbonyl (C=O) groups excluding carboxylic acids is 1. The summed E-state index contributed by atoms with van der Waals surface area (Å²) < 4.78 is 67.8. The van der Waals surface area contributed by atoms with E-state index in [2.05, 4.69) is 10.3 Å². The van der Waals surface area contributed by atoms with Gasteiger partial charge in [-0.2, -0.15) is 18.4 Å². The lowest BCUT2D eigenvalue weighted by Crippen LogP contribution is -2.67. The molecular weight excluding hydrogens is 437 g/mol. The molecule has 1 heterocycles. The molecule has 4 N–H and O–H groups in total. The highest BCUT2D eigenvalue weighted by atomic mass is 32.2. The lowest BCUT2D eigenvalue weighted by molar-refractivity contribution is -0.167. The summed E-state index contributed by atoms with van der Waals surface area (Å²) in [6.07, 6.45) is -3.71. The monoisotopic (exact) mass is 460 g/mol. The number of nitrogens with two attached hydrogens (primary N) is 1. The van der Waals surface area contributed by atoms with Crippen LogP contribution in [0.15, 0.2) is 12.1 Å². The van der Waals surface area contributed by atoms with Crippen molar-refractivity contribution in [1.82, 2.24) is 10.3 Å². The third-order valence-corrected chi connectivity index (χ3v) is 7.71. The van der Waals surface area contributed by atoms with Crippen molar-refractivity contribution in [3.8, 4) is 11.8 Å². The number of hydrogen-bond donors (Lipinski definition) is 3. The van der Waals surface area contributed by atoms with E-state index in [9.17, 15) is 36.8 Å². The molecule has 3 rings (SSSR count). The number of primary amides is 1. The van der Waals surface area contributed by atoms with Crippen LogP contribution in [-0.4, -0.2) is 47.6 Å². The van der Waals surface area contributed by atoms with E-state index in [0.717, 1.165) is 6.07 Å². The van der Waals surface area contributed by atoms with E-state index in [0.29, 0.717) is 12.8 Å². The van der Waals surface area contributed by atoms with Crippen LogP contribution in [0.2, 0.25) is 0 Å². The van der Waals surface area contributed by atoms with Crippen molar-refractivity contribution in [2.75, 3.05) is 11.5 Å². The summed E-state index contributed by atoms with van der Waals surface area (Å²) in [4.78, 5) is 16.3. The fraction of sp³-hybridized carbons (Fsp3) is 0.632. The predicted octanol–water partition coefficient (Wildman–Crippen LogP) is 1.64. The largest absolute Gasteiger partial charge is 0.506 e. The zero-order valence-electron chi connectivity index (χ0n) is 16.7. The van der Waals surface area contributed by atoms with Gasteiger partial charge in [0.25, 0.3) is 0 Å². The fourth-order valence-corrected chi connectivity index (χ4v) is 6.15. The molecule has 1 unspecified atom stereocenters. The molecule has 1 aromatic heterocycles. The van der Waals surface area contributed by atoms with Crippen LogP contribution >= 0.6 is 0 Å². The zero-order chi connectivity index (χ0) is 23.2. The van der Waals surface area contributed by atoms with Crippen LogP contribution in [0.4, 0.5) is 13.2 Å². The molecule has 1 amide bonds. The van der Waals surface area contributed by atoms with E-state index in [4.69, 9.17) is 5.73 Å². The Morgan fingerprint density at radius 1 is 1.42 bits per heavy atom. The number of aryl methyl sites for hydroxylation is 1. The Bertz CT molecular complexity index is 1030. The highest BCUT2D eigenvalue weighted by molar-refractivity contribution is 7.91. The van der Waals surface area contributed by atoms with Crippen molar-refractivity contribution >= 4 is 15.7 Å². The number of nitrogens with one attached hydrogen (secondary N) is 1. The number of rotatable bonds is 9. The zero-order valence-corrected chi connectivity index (χ0v) is 17.6. The van der Waals surface area contributed by atoms with Crippen molar-refractivity contribution in [3.63, 3.8) is 0 Å². The lowest BCUT2D eigenvalue weighted by atomic mass is 9.81. The topological polar surface area (TPSA) is 146 Å². The normalized spacial score (nSPS) is 21.0. The molecule has 0 bridgehead atoms. The summed E-state index contributed by atoms with van der Waals surface area (Å²) in [5.41, 5.74) is 0.617. The van der Waals surface area contributed by atoms with E-state index in [1.54, 1.807) is 0 Å². The first-order valence-electron chi connectivity index (χ1n) is 9.68. The number of sulfone groups is 1. The first-order valence-corrected chi connectivity index (χ1v) is 11.5. The maximum atomic E-state index is 14.1. The quantitative estimate of drug-likeness (QED) is 0.508. The average molecular weight is 460 g/mol. The number of amides is 1. The van der Waals surface area contributed by atoms with Crippen molar-refractivity contribution in [1.29, 1.82) is 5.26 Å². The van der Waals surface area contributed by atoms with Crippen LogP contribution in [0.3, 0.4) is 0 Å². The van der Waals surface area contributed by atoms with Crippen LogP contribution in [0.5, 0.6) is 5.75 Å². The Hall–Kier alpha value is -2.39. The van der Waals surface area contributed by atoms with E-state index < -0.39 is 56.1 Å². The molecule has 1 aromatic rings. The Kier molecular flexibility index (Phi) is 5.73. The van der Waals surface area contributed by atoms with Gasteiger partial charge in [0.05, 0.1) is 23.0 Å². The van der Waals surface area contributed by atoms with Gasteiger partial charge in [-0.1, -0.05) is 0 Å². The second kappa shape index (κ2) is 7.63. The number of halogens is 3. The van der Waals surface area contributed by atoms with E-state index in [-0.39, 0.29) is 30.2 Å². The molecule has 0 saturated heterocycles. The Morgan fingerprint density at radius 3 is 2.48 bits per heavy atom. The first kappa shape index (κ1) is 23.3. The van der Waals surface area contributed by atoms with Gasteiger partial charge in [0.15, 0.2) is 15.9 Å². The molecule has 2 atom stereocenters. The highest BCUT2D eigenvalue weighted by Crippen LogP contribution is 2.56. The smallest absolute Gasteiger partial charge is 0.409 e. The molecule has 0 spiro atoms. The predicted molar refractivity (Wildman–Crippen MR) is 103 cm³/mol. The molecule has 2 fully saturated rings. The van der Waals surface area contributed by atoms with E-state index in [1.807, 2.05) is 6.07 Å². The number of aromatic nitrogens is 1. The molecule has 2 aliphatic rings. The van der Waals surface area contributed by atoms with Crippen LogP contribution < -0.4 is 11.1 Å². The second-order valence-electron chi connectivity index (χ2n) is 8.44. The van der Waals surface area contributed by atoms with Gasteiger partial charge in [-0.05, 0) is 50.7 Å². The summed E-state index contributed by atoms with van der Waals surface area (Å²) >= 11 is 0. The van der Waals surface area contributed by atoms with Gasteiger partial charge in [-0.3, -0.25) is 15.1 Å². The highest BCUT2D eigenvalue weighted by Gasteiger charge is 2.67. The SMILES string of the molecule is Cc1ccc(O)c(C(N[C@@](CS(=O)(=O)CC2CC2)(C(N)=O)C2(C#N)CC2)C(F)(F)F)n1. The van der Waals surface area contributed by atoms with Crippen molar-refractivity contribution in [2.45, 2.75) is 50.4 Å². The molecular formula is C19H23F3N4O4S. The number of alkyl halides is 3. The van der Waals surface area contributed by atoms with Gasteiger partial charge >= 0.3 is 6.18 Å². The van der Waals surface area contributed by atoms with Gasteiger partial charge in [-0.25, -0.2) is 8.42 Å². The van der Waals surface area contributed by atoms with E-state index >= 15 is 0 Å². The maximum absolute atomic E-state index is 14.1. The molecule has 31 heavy (non-hydrogen) atoms. The molecule has 0 aromatic carbocycles. The van der Waals surface area contributed by atoms with Crippen molar-refractivity contribution in [3.05, 3.63) is 23.5 Å². The fourth-order valence-electron chi connectivity index (χ4n) is 3.82. The third kappa shape index (κ3) is 4.62. The second-order valence-corrected chi connectivity index (χ2v) is 10.5. The van der Waals surface area contributed by atoms with Gasteiger partial charge in [-0.15, -0.1) is 0 Å². The summed E-state index contributed by atoms with van der Waals surface area (Å²) in [6, 6.07) is 1.42. The van der Waals surface area contributed by atoms with Gasteiger partial charge < -0.3 is 10.8 Å². The van der Waals surface area contributed by atoms with E-state index in [1.165, 1.54) is 13.0 Å². The molecule has 12 heteroatoms. The van der Waals surface area contributed by atoms with Gasteiger partial charge in [0.2, 0.25) is 5.91 Å². The van der Waals surface area contributed by atoms with Crippen LogP contribution in [0, 0.1) is 29.6 Å². The Labute approximate surface area is 177 Å². The summed E-state index contributed by atoms with van der Waals surface area (Å²) in [5, 5.41) is 21.8. The van der Waals surface area contributed by atoms with Crippen LogP contribution in [0.1, 0.15) is 43.1 Å². The number of aromatic hydroxyl groups is 1. The molecule has 0 aliphatic heterocycles. The number of pyridine rings is 1. The first-order chi connectivity index (χ1) is 14.3. The summed E-state index contributed by atoms with van der Waals surface area (Å²) in [6.45, 7) is 1.41. The Morgan fingerprint density at radius 2 is 2.03 bits per heavy atom. The molecule has 8 nitrogen and oxygen atoms in total. The summed E-state index contributed by atoms with van der Waals surface area (Å²) in [7, 11) is -4.03. The van der Waals surface area contributed by atoms with Crippen molar-refractivity contribution in [2.24, 2.45) is 17.1 Å². The number of nitrogens with zero attached hydrogens (tertiary/aromatic N) is 2. The standard InChI is InChI=1S/C19H23F3N4O4S/c1-11-2-5-13(27)14(25-11)15(19(20,21)22)26-18(16(24)28,17(9-23)6-7-17)10-31(29,30)8-12-3-4-12/h2,5,12,15,26-27H,3-4,6-8,10H2,1H3,(H2,24,28)/t15?,18-/m0/s1. The average Bonchev–Trinajstić information content (AvgIpc) is 3.55. The minimum atomic E-state index is -5.08. The van der Waals surface area contributed by atoms with Crippen LogP contribution in [0.25, 0.3) is 0 Å². The lowest BCUT2D eigenvalue weighted by Gasteiger charge is -2.39. The Balaban J connectivity index is 2.12. The minimum Gasteiger partial charge on any atom is -0.506 e. The number of carbonyl (C=O) groups is 1. The molecule has 2 saturated carbocycles. The van der Waals surface area contributed by atoms with Gasteiger partial charge in [0, 0.05) is 5.69 Å².